The van der Waals surface area contributed by atoms with Crippen molar-refractivity contribution in [2.45, 2.75) is 38.9 Å². The first-order chi connectivity index (χ1) is 9.99. The van der Waals surface area contributed by atoms with E-state index in [1.165, 1.54) is 0 Å². The zero-order chi connectivity index (χ0) is 17.0. The molecule has 0 saturated heterocycles. The lowest BCUT2D eigenvalue weighted by Gasteiger charge is -2.24. The summed E-state index contributed by atoms with van der Waals surface area (Å²) in [5.74, 6) is 0.808. The smallest absolute Gasteiger partial charge is 0.242 e. The van der Waals surface area contributed by atoms with Crippen LogP contribution >= 0.6 is 0 Å². The minimum Gasteiger partial charge on any atom is -0.481 e. The first-order valence-electron chi connectivity index (χ1n) is 6.71. The highest BCUT2D eigenvalue weighted by Gasteiger charge is 2.28. The van der Waals surface area contributed by atoms with Gasteiger partial charge < -0.3 is 9.47 Å². The Balaban J connectivity index is 2.82. The molecular weight excluding hydrogens is 292 g/mol. The Labute approximate surface area is 128 Å². The van der Waals surface area contributed by atoms with Gasteiger partial charge >= 0.3 is 0 Å². The van der Waals surface area contributed by atoms with Gasteiger partial charge in [-0.25, -0.2) is 0 Å². The van der Waals surface area contributed by atoms with Gasteiger partial charge in [0.05, 0.1) is 0 Å². The fourth-order valence-electron chi connectivity index (χ4n) is 1.93. The molecule has 0 aliphatic heterocycles. The van der Waals surface area contributed by atoms with E-state index < -0.39 is 21.0 Å². The summed E-state index contributed by atoms with van der Waals surface area (Å²) >= 11 is 0. The third-order valence-corrected chi connectivity index (χ3v) is 2.61. The molecule has 8 nitrogen and oxygen atoms in total. The van der Waals surface area contributed by atoms with E-state index in [1.807, 2.05) is 0 Å². The van der Waals surface area contributed by atoms with Crippen LogP contribution in [0.3, 0.4) is 0 Å². The van der Waals surface area contributed by atoms with Gasteiger partial charge in [0.15, 0.2) is 11.2 Å². The van der Waals surface area contributed by atoms with Gasteiger partial charge in [0, 0.05) is 15.9 Å². The van der Waals surface area contributed by atoms with Crippen LogP contribution in [0.5, 0.6) is 11.5 Å². The van der Waals surface area contributed by atoms with Crippen molar-refractivity contribution < 1.29 is 19.3 Å². The van der Waals surface area contributed by atoms with Crippen molar-refractivity contribution in [1.82, 2.24) is 0 Å². The summed E-state index contributed by atoms with van der Waals surface area (Å²) in [6.45, 7) is 5.76. The fourth-order valence-corrected chi connectivity index (χ4v) is 1.93. The lowest BCUT2D eigenvalue weighted by molar-refractivity contribution is -0.496. The summed E-state index contributed by atoms with van der Waals surface area (Å²) in [5.41, 5.74) is -1.95. The van der Waals surface area contributed by atoms with Crippen molar-refractivity contribution in [2.24, 2.45) is 0 Å². The van der Waals surface area contributed by atoms with Gasteiger partial charge in [-0.05, 0) is 39.8 Å². The van der Waals surface area contributed by atoms with Crippen molar-refractivity contribution in [3.63, 3.8) is 0 Å². The van der Waals surface area contributed by atoms with Gasteiger partial charge in [0.25, 0.3) is 0 Å². The standard InChI is InChI=1S/C14H20N2O6/c1-13(2,9-15(17)18)21-11-6-5-7-12(8-11)22-14(3,4)10-16(19)20/h5-8H,9-10H2,1-4H3. The maximum absolute atomic E-state index is 10.6. The number of nitro groups is 2. The molecule has 0 aromatic heterocycles. The molecule has 0 aliphatic rings. The second-order valence-electron chi connectivity index (χ2n) is 6.18. The Morgan fingerprint density at radius 3 is 1.59 bits per heavy atom. The quantitative estimate of drug-likeness (QED) is 0.539. The van der Waals surface area contributed by atoms with Crippen molar-refractivity contribution in [1.29, 1.82) is 0 Å². The van der Waals surface area contributed by atoms with Gasteiger partial charge in [0.1, 0.15) is 11.5 Å². The van der Waals surface area contributed by atoms with Crippen LogP contribution in [0.4, 0.5) is 0 Å². The predicted molar refractivity (Wildman–Crippen MR) is 79.6 cm³/mol. The molecule has 0 radical (unpaired) electrons. The van der Waals surface area contributed by atoms with Crippen LogP contribution < -0.4 is 9.47 Å². The first-order valence-corrected chi connectivity index (χ1v) is 6.71. The summed E-state index contributed by atoms with van der Waals surface area (Å²) < 4.78 is 11.2. The van der Waals surface area contributed by atoms with E-state index in [2.05, 4.69) is 0 Å². The third-order valence-electron chi connectivity index (χ3n) is 2.61. The van der Waals surface area contributed by atoms with Gasteiger partial charge in [-0.15, -0.1) is 0 Å². The molecule has 0 unspecified atom stereocenters. The van der Waals surface area contributed by atoms with Crippen LogP contribution in [0.2, 0.25) is 0 Å². The molecule has 0 spiro atoms. The van der Waals surface area contributed by atoms with Crippen molar-refractivity contribution in [3.8, 4) is 11.5 Å². The average Bonchev–Trinajstić information content (AvgIpc) is 2.23. The predicted octanol–water partition coefficient (Wildman–Crippen LogP) is 2.55. The molecule has 122 valence electrons. The van der Waals surface area contributed by atoms with E-state index in [9.17, 15) is 20.2 Å². The molecule has 0 N–H and O–H groups in total. The van der Waals surface area contributed by atoms with Gasteiger partial charge in [-0.2, -0.15) is 0 Å². The third kappa shape index (κ3) is 6.38. The lowest BCUT2D eigenvalue weighted by Crippen LogP contribution is -2.37. The van der Waals surface area contributed by atoms with E-state index in [0.29, 0.717) is 11.5 Å². The lowest BCUT2D eigenvalue weighted by atomic mass is 10.1. The van der Waals surface area contributed by atoms with E-state index in [-0.39, 0.29) is 13.1 Å². The van der Waals surface area contributed by atoms with Crippen LogP contribution in [-0.2, 0) is 0 Å². The summed E-state index contributed by atoms with van der Waals surface area (Å²) in [5, 5.41) is 21.2. The Morgan fingerprint density at radius 2 is 1.27 bits per heavy atom. The second-order valence-corrected chi connectivity index (χ2v) is 6.18. The monoisotopic (exact) mass is 312 g/mol. The Bertz CT molecular complexity index is 511. The Hall–Kier alpha value is -2.38. The first kappa shape index (κ1) is 17.7. The van der Waals surface area contributed by atoms with Crippen LogP contribution in [0, 0.1) is 20.2 Å². The van der Waals surface area contributed by atoms with Crippen molar-refractivity contribution >= 4 is 0 Å². The fraction of sp³-hybridized carbons (Fsp3) is 0.571. The zero-order valence-corrected chi connectivity index (χ0v) is 13.1. The van der Waals surface area contributed by atoms with Gasteiger partial charge in [0.2, 0.25) is 13.1 Å². The molecule has 0 saturated carbocycles. The Kier molecular flexibility index (Phi) is 5.29. The number of hydrogen-bond acceptors (Lipinski definition) is 6. The molecule has 0 fully saturated rings. The second kappa shape index (κ2) is 6.59. The normalized spacial score (nSPS) is 11.8. The molecule has 0 amide bonds. The minimum atomic E-state index is -0.974. The number of ether oxygens (including phenoxy) is 2. The molecule has 22 heavy (non-hydrogen) atoms. The van der Waals surface area contributed by atoms with E-state index in [1.54, 1.807) is 52.0 Å². The highest BCUT2D eigenvalue weighted by molar-refractivity contribution is 5.33. The molecular formula is C14H20N2O6. The van der Waals surface area contributed by atoms with Crippen molar-refractivity contribution in [2.75, 3.05) is 13.1 Å². The van der Waals surface area contributed by atoms with Crippen LogP contribution in [-0.4, -0.2) is 34.1 Å². The molecule has 1 aromatic rings. The number of benzene rings is 1. The molecule has 0 heterocycles. The summed E-state index contributed by atoms with van der Waals surface area (Å²) in [6, 6.07) is 6.52. The minimum absolute atomic E-state index is 0.342. The topological polar surface area (TPSA) is 105 Å². The van der Waals surface area contributed by atoms with Crippen molar-refractivity contribution in [3.05, 3.63) is 44.5 Å². The van der Waals surface area contributed by atoms with Gasteiger partial charge in [-0.3, -0.25) is 20.2 Å². The number of rotatable bonds is 8. The molecule has 8 heteroatoms. The molecule has 1 rings (SSSR count). The van der Waals surface area contributed by atoms with E-state index in [0.717, 1.165) is 0 Å². The maximum Gasteiger partial charge on any atom is 0.242 e. The largest absolute Gasteiger partial charge is 0.481 e. The van der Waals surface area contributed by atoms with E-state index in [4.69, 9.17) is 9.47 Å². The average molecular weight is 312 g/mol. The molecule has 0 atom stereocenters. The molecule has 0 bridgehead atoms. The maximum atomic E-state index is 10.6. The van der Waals surface area contributed by atoms with Crippen LogP contribution in [0.1, 0.15) is 27.7 Å². The highest BCUT2D eigenvalue weighted by Crippen LogP contribution is 2.26. The van der Waals surface area contributed by atoms with E-state index >= 15 is 0 Å². The van der Waals surface area contributed by atoms with Gasteiger partial charge in [-0.1, -0.05) is 6.07 Å². The molecule has 1 aromatic carbocycles. The number of nitrogens with zero attached hydrogens (tertiary/aromatic N) is 2. The number of hydrogen-bond donors (Lipinski definition) is 0. The summed E-state index contributed by atoms with van der Waals surface area (Å²) in [6.07, 6.45) is 0. The summed E-state index contributed by atoms with van der Waals surface area (Å²) in [7, 11) is 0. The van der Waals surface area contributed by atoms with Crippen LogP contribution in [0.15, 0.2) is 24.3 Å². The highest BCUT2D eigenvalue weighted by atomic mass is 16.6. The molecule has 0 aliphatic carbocycles. The Morgan fingerprint density at radius 1 is 0.909 bits per heavy atom. The zero-order valence-electron chi connectivity index (χ0n) is 13.1. The SMILES string of the molecule is CC(C)(C[N+](=O)[O-])Oc1cccc(OC(C)(C)C[N+](=O)[O-])c1. The summed E-state index contributed by atoms with van der Waals surface area (Å²) in [4.78, 5) is 20.3. The van der Waals surface area contributed by atoms with Crippen LogP contribution in [0.25, 0.3) is 0 Å².